The summed E-state index contributed by atoms with van der Waals surface area (Å²) in [6.45, 7) is 3.35. The van der Waals surface area contributed by atoms with E-state index in [4.69, 9.17) is 9.84 Å². The fourth-order valence-electron chi connectivity index (χ4n) is 1.84. The maximum absolute atomic E-state index is 8.79. The zero-order valence-electron chi connectivity index (χ0n) is 11.1. The molecule has 0 aliphatic rings. The highest BCUT2D eigenvalue weighted by molar-refractivity contribution is 5.59. The number of anilines is 1. The summed E-state index contributed by atoms with van der Waals surface area (Å²) >= 11 is 0. The van der Waals surface area contributed by atoms with E-state index in [2.05, 4.69) is 31.0 Å². The Balaban J connectivity index is 2.78. The van der Waals surface area contributed by atoms with E-state index in [-0.39, 0.29) is 6.61 Å². The summed E-state index contributed by atoms with van der Waals surface area (Å²) in [6.07, 6.45) is 2.87. The van der Waals surface area contributed by atoms with Crippen molar-refractivity contribution in [3.63, 3.8) is 0 Å². The zero-order chi connectivity index (χ0) is 12.7. The normalized spacial score (nSPS) is 10.4. The maximum atomic E-state index is 8.79. The second-order valence-corrected chi connectivity index (χ2v) is 4.21. The molecule has 1 aromatic carbocycles. The highest BCUT2D eigenvalue weighted by atomic mass is 16.5. The summed E-state index contributed by atoms with van der Waals surface area (Å²) in [7, 11) is 3.76. The minimum Gasteiger partial charge on any atom is -0.495 e. The smallest absolute Gasteiger partial charge is 0.142 e. The molecule has 0 aliphatic heterocycles. The monoisotopic (exact) mass is 237 g/mol. The number of aliphatic hydroxyl groups excluding tert-OH is 1. The number of hydrogen-bond donors (Lipinski definition) is 1. The summed E-state index contributed by atoms with van der Waals surface area (Å²) < 4.78 is 5.38. The van der Waals surface area contributed by atoms with Gasteiger partial charge in [-0.1, -0.05) is 13.0 Å². The van der Waals surface area contributed by atoms with Crippen molar-refractivity contribution >= 4 is 5.69 Å². The van der Waals surface area contributed by atoms with Gasteiger partial charge in [0.05, 0.1) is 12.8 Å². The van der Waals surface area contributed by atoms with Crippen molar-refractivity contribution in [3.05, 3.63) is 23.8 Å². The van der Waals surface area contributed by atoms with Crippen LogP contribution in [0.2, 0.25) is 0 Å². The Bertz CT molecular complexity index is 339. The van der Waals surface area contributed by atoms with E-state index in [1.807, 2.05) is 6.07 Å². The minimum absolute atomic E-state index is 0.264. The lowest BCUT2D eigenvalue weighted by molar-refractivity contribution is 0.285. The Labute approximate surface area is 104 Å². The second-order valence-electron chi connectivity index (χ2n) is 4.21. The molecule has 0 saturated heterocycles. The second kappa shape index (κ2) is 7.17. The van der Waals surface area contributed by atoms with Crippen molar-refractivity contribution in [2.45, 2.75) is 26.2 Å². The number of methoxy groups -OCH3 is 1. The van der Waals surface area contributed by atoms with Crippen LogP contribution in [0.4, 0.5) is 5.69 Å². The Kier molecular flexibility index (Phi) is 5.84. The van der Waals surface area contributed by atoms with Gasteiger partial charge in [-0.2, -0.15) is 0 Å². The van der Waals surface area contributed by atoms with Crippen LogP contribution in [-0.4, -0.2) is 32.4 Å². The van der Waals surface area contributed by atoms with E-state index >= 15 is 0 Å². The predicted octanol–water partition coefficient (Wildman–Crippen LogP) is 2.47. The summed E-state index contributed by atoms with van der Waals surface area (Å²) in [5, 5.41) is 8.79. The van der Waals surface area contributed by atoms with Gasteiger partial charge < -0.3 is 14.7 Å². The van der Waals surface area contributed by atoms with Gasteiger partial charge in [0, 0.05) is 20.2 Å². The molecule has 0 spiro atoms. The van der Waals surface area contributed by atoms with Crippen LogP contribution in [0.25, 0.3) is 0 Å². The third-order valence-corrected chi connectivity index (χ3v) is 2.96. The number of benzene rings is 1. The van der Waals surface area contributed by atoms with Crippen LogP contribution in [0.1, 0.15) is 25.3 Å². The van der Waals surface area contributed by atoms with Crippen molar-refractivity contribution in [2.75, 3.05) is 32.2 Å². The SMILES string of the molecule is CCc1ccc(OC)c(N(C)CCCCO)c1. The molecule has 0 aromatic heterocycles. The van der Waals surface area contributed by atoms with Gasteiger partial charge >= 0.3 is 0 Å². The number of ether oxygens (including phenoxy) is 1. The molecule has 0 fully saturated rings. The molecule has 17 heavy (non-hydrogen) atoms. The quantitative estimate of drug-likeness (QED) is 0.739. The largest absolute Gasteiger partial charge is 0.495 e. The molecule has 0 radical (unpaired) electrons. The lowest BCUT2D eigenvalue weighted by Crippen LogP contribution is -2.19. The summed E-state index contributed by atoms with van der Waals surface area (Å²) in [4.78, 5) is 2.19. The van der Waals surface area contributed by atoms with Crippen molar-refractivity contribution in [3.8, 4) is 5.75 Å². The average molecular weight is 237 g/mol. The zero-order valence-corrected chi connectivity index (χ0v) is 11.1. The predicted molar refractivity (Wildman–Crippen MR) is 72.0 cm³/mol. The van der Waals surface area contributed by atoms with Gasteiger partial charge in [0.2, 0.25) is 0 Å². The molecule has 3 heteroatoms. The van der Waals surface area contributed by atoms with Gasteiger partial charge in [-0.15, -0.1) is 0 Å². The molecule has 1 N–H and O–H groups in total. The fraction of sp³-hybridized carbons (Fsp3) is 0.571. The number of rotatable bonds is 7. The van der Waals surface area contributed by atoms with E-state index in [1.165, 1.54) is 5.56 Å². The highest BCUT2D eigenvalue weighted by Crippen LogP contribution is 2.28. The number of aryl methyl sites for hydroxylation is 1. The fourth-order valence-corrected chi connectivity index (χ4v) is 1.84. The summed E-state index contributed by atoms with van der Waals surface area (Å²) in [5.41, 5.74) is 2.44. The third-order valence-electron chi connectivity index (χ3n) is 2.96. The Hall–Kier alpha value is -1.22. The van der Waals surface area contributed by atoms with Crippen LogP contribution in [-0.2, 0) is 6.42 Å². The van der Waals surface area contributed by atoms with Gasteiger partial charge in [-0.05, 0) is 37.0 Å². The standard InChI is InChI=1S/C14H23NO2/c1-4-12-7-8-14(17-3)13(11-12)15(2)9-5-6-10-16/h7-8,11,16H,4-6,9-10H2,1-3H3. The first-order valence-electron chi connectivity index (χ1n) is 6.21. The van der Waals surface area contributed by atoms with Crippen LogP contribution < -0.4 is 9.64 Å². The van der Waals surface area contributed by atoms with Gasteiger partial charge in [0.15, 0.2) is 0 Å². The first-order valence-corrected chi connectivity index (χ1v) is 6.21. The molecular weight excluding hydrogens is 214 g/mol. The number of hydrogen-bond acceptors (Lipinski definition) is 3. The van der Waals surface area contributed by atoms with Crippen LogP contribution in [0.5, 0.6) is 5.75 Å². The van der Waals surface area contributed by atoms with Crippen molar-refractivity contribution in [2.24, 2.45) is 0 Å². The van der Waals surface area contributed by atoms with E-state index in [0.717, 1.165) is 37.2 Å². The molecule has 1 rings (SSSR count). The number of nitrogens with zero attached hydrogens (tertiary/aromatic N) is 1. The van der Waals surface area contributed by atoms with Gasteiger partial charge in [0.1, 0.15) is 5.75 Å². The Morgan fingerprint density at radius 2 is 2.06 bits per heavy atom. The molecule has 1 aromatic rings. The van der Waals surface area contributed by atoms with Crippen LogP contribution >= 0.6 is 0 Å². The first-order chi connectivity index (χ1) is 8.22. The molecule has 0 saturated carbocycles. The number of unbranched alkanes of at least 4 members (excludes halogenated alkanes) is 1. The van der Waals surface area contributed by atoms with E-state index in [0.29, 0.717) is 0 Å². The molecule has 96 valence electrons. The molecule has 0 heterocycles. The Morgan fingerprint density at radius 3 is 2.65 bits per heavy atom. The lowest BCUT2D eigenvalue weighted by Gasteiger charge is -2.22. The lowest BCUT2D eigenvalue weighted by atomic mass is 10.1. The molecule has 0 atom stereocenters. The number of aliphatic hydroxyl groups is 1. The molecule has 0 aliphatic carbocycles. The van der Waals surface area contributed by atoms with E-state index < -0.39 is 0 Å². The molecular formula is C14H23NO2. The Morgan fingerprint density at radius 1 is 1.29 bits per heavy atom. The molecule has 3 nitrogen and oxygen atoms in total. The summed E-state index contributed by atoms with van der Waals surface area (Å²) in [5.74, 6) is 0.911. The van der Waals surface area contributed by atoms with Crippen molar-refractivity contribution < 1.29 is 9.84 Å². The van der Waals surface area contributed by atoms with E-state index in [9.17, 15) is 0 Å². The molecule has 0 amide bonds. The van der Waals surface area contributed by atoms with Gasteiger partial charge in [0.25, 0.3) is 0 Å². The minimum atomic E-state index is 0.264. The van der Waals surface area contributed by atoms with Gasteiger partial charge in [-0.25, -0.2) is 0 Å². The molecule has 0 unspecified atom stereocenters. The van der Waals surface area contributed by atoms with Gasteiger partial charge in [-0.3, -0.25) is 0 Å². The van der Waals surface area contributed by atoms with Crippen LogP contribution in [0, 0.1) is 0 Å². The maximum Gasteiger partial charge on any atom is 0.142 e. The average Bonchev–Trinajstić information content (AvgIpc) is 2.38. The third kappa shape index (κ3) is 3.93. The summed E-state index contributed by atoms with van der Waals surface area (Å²) in [6, 6.07) is 6.30. The first kappa shape index (κ1) is 13.8. The van der Waals surface area contributed by atoms with Crippen LogP contribution in [0.3, 0.4) is 0 Å². The molecule has 0 bridgehead atoms. The highest BCUT2D eigenvalue weighted by Gasteiger charge is 2.08. The van der Waals surface area contributed by atoms with Crippen LogP contribution in [0.15, 0.2) is 18.2 Å². The topological polar surface area (TPSA) is 32.7 Å². The van der Waals surface area contributed by atoms with E-state index in [1.54, 1.807) is 7.11 Å². The van der Waals surface area contributed by atoms with Crippen molar-refractivity contribution in [1.29, 1.82) is 0 Å². The van der Waals surface area contributed by atoms with Crippen molar-refractivity contribution in [1.82, 2.24) is 0 Å².